The summed E-state index contributed by atoms with van der Waals surface area (Å²) in [5.74, 6) is 3.36. The summed E-state index contributed by atoms with van der Waals surface area (Å²) in [5.41, 5.74) is 6.99. The molecular formula is C38H30N2O2. The molecule has 0 amide bonds. The Hall–Kier alpha value is -5.48. The van der Waals surface area contributed by atoms with Crippen LogP contribution in [-0.4, -0.2) is 4.40 Å². The molecule has 0 radical (unpaired) electrons. The lowest BCUT2D eigenvalue weighted by molar-refractivity contribution is 0.446. The van der Waals surface area contributed by atoms with E-state index in [0.29, 0.717) is 0 Å². The number of ether oxygens (including phenoxy) is 2. The highest BCUT2D eigenvalue weighted by atomic mass is 16.5. The van der Waals surface area contributed by atoms with Gasteiger partial charge in [0.15, 0.2) is 23.0 Å². The Labute approximate surface area is 244 Å². The van der Waals surface area contributed by atoms with E-state index < -0.39 is 0 Å². The topological polar surface area (TPSA) is 26.1 Å². The third kappa shape index (κ3) is 3.42. The van der Waals surface area contributed by atoms with Gasteiger partial charge in [0.2, 0.25) is 0 Å². The van der Waals surface area contributed by atoms with Crippen LogP contribution in [0.25, 0.3) is 38.1 Å². The Balaban J connectivity index is 0.000000131. The molecule has 4 nitrogen and oxygen atoms in total. The zero-order valence-corrected chi connectivity index (χ0v) is 21.4. The summed E-state index contributed by atoms with van der Waals surface area (Å²) in [6.45, 7) is 0. The van der Waals surface area contributed by atoms with E-state index in [1.54, 1.807) is 0 Å². The molecule has 4 heteroatoms. The molecule has 0 aliphatic carbocycles. The highest BCUT2D eigenvalue weighted by Crippen LogP contribution is 2.59. The average Bonchev–Trinajstić information content (AvgIpc) is 3.54. The van der Waals surface area contributed by atoms with E-state index >= 15 is 0 Å². The molecular weight excluding hydrogens is 516 g/mol. The van der Waals surface area contributed by atoms with Gasteiger partial charge in [-0.15, -0.1) is 0 Å². The standard InChI is InChI=1S/C18H11NO2.C18H11N.2CH4/c1-3-8-14-12(6-1)19-13-7-2-4-9-15(13)21-17-11-5-10-16(20-14)18(17)19;1-3-10-16-12(6-1)14-8-5-9-15-13-7-2-4-11-17(13)19(16)18(14)15;;/h1-11H;1-11H;2*1H4. The van der Waals surface area contributed by atoms with Crippen molar-refractivity contribution in [2.75, 3.05) is 4.90 Å². The third-order valence-corrected chi connectivity index (χ3v) is 7.97. The minimum Gasteiger partial charge on any atom is -0.453 e. The van der Waals surface area contributed by atoms with Crippen molar-refractivity contribution in [3.8, 4) is 23.0 Å². The van der Waals surface area contributed by atoms with Crippen molar-refractivity contribution in [3.05, 3.63) is 133 Å². The first-order chi connectivity index (χ1) is 19.9. The molecule has 0 N–H and O–H groups in total. The van der Waals surface area contributed by atoms with Crippen LogP contribution in [-0.2, 0) is 0 Å². The van der Waals surface area contributed by atoms with Gasteiger partial charge in [0.1, 0.15) is 5.69 Å². The highest BCUT2D eigenvalue weighted by molar-refractivity contribution is 6.23. The van der Waals surface area contributed by atoms with Crippen molar-refractivity contribution in [3.63, 3.8) is 0 Å². The molecule has 2 aliphatic rings. The molecule has 2 aromatic heterocycles. The lowest BCUT2D eigenvalue weighted by atomic mass is 10.1. The Kier molecular flexibility index (Phi) is 5.80. The highest BCUT2D eigenvalue weighted by Gasteiger charge is 2.33. The molecule has 0 fully saturated rings. The van der Waals surface area contributed by atoms with Gasteiger partial charge in [-0.2, -0.15) is 0 Å². The first-order valence-corrected chi connectivity index (χ1v) is 13.5. The minimum atomic E-state index is 0. The molecule has 6 aromatic carbocycles. The number of benzene rings is 6. The van der Waals surface area contributed by atoms with E-state index in [-0.39, 0.29) is 14.9 Å². The Morgan fingerprint density at radius 3 is 1.33 bits per heavy atom. The van der Waals surface area contributed by atoms with E-state index in [1.165, 1.54) is 38.1 Å². The fraction of sp³-hybridized carbons (Fsp3) is 0.0526. The fourth-order valence-corrected chi connectivity index (χ4v) is 6.33. The summed E-state index contributed by atoms with van der Waals surface area (Å²) in [6, 6.07) is 46.0. The van der Waals surface area contributed by atoms with Gasteiger partial charge in [-0.25, -0.2) is 0 Å². The summed E-state index contributed by atoms with van der Waals surface area (Å²) >= 11 is 0. The number of rotatable bonds is 0. The maximum absolute atomic E-state index is 6.02. The van der Waals surface area contributed by atoms with E-state index in [0.717, 1.165) is 40.1 Å². The largest absolute Gasteiger partial charge is 0.453 e. The summed E-state index contributed by atoms with van der Waals surface area (Å²) in [6.07, 6.45) is 0. The zero-order valence-electron chi connectivity index (χ0n) is 21.4. The molecule has 0 atom stereocenters. The van der Waals surface area contributed by atoms with Crippen LogP contribution < -0.4 is 14.4 Å². The third-order valence-electron chi connectivity index (χ3n) is 7.97. The van der Waals surface area contributed by atoms with Crippen molar-refractivity contribution in [1.82, 2.24) is 4.40 Å². The number of hydrogen-bond donors (Lipinski definition) is 0. The monoisotopic (exact) mass is 546 g/mol. The van der Waals surface area contributed by atoms with Crippen LogP contribution in [0.5, 0.6) is 23.0 Å². The summed E-state index contributed by atoms with van der Waals surface area (Å²) in [7, 11) is 0. The Morgan fingerprint density at radius 1 is 0.381 bits per heavy atom. The summed E-state index contributed by atoms with van der Waals surface area (Å²) in [5, 5.41) is 5.39. The van der Waals surface area contributed by atoms with Crippen molar-refractivity contribution in [2.24, 2.45) is 0 Å². The van der Waals surface area contributed by atoms with E-state index in [9.17, 15) is 0 Å². The summed E-state index contributed by atoms with van der Waals surface area (Å²) in [4.78, 5) is 2.21. The van der Waals surface area contributed by atoms with Crippen LogP contribution in [0.3, 0.4) is 0 Å². The number of para-hydroxylation sites is 8. The molecule has 42 heavy (non-hydrogen) atoms. The van der Waals surface area contributed by atoms with Gasteiger partial charge in [-0.3, -0.25) is 4.90 Å². The van der Waals surface area contributed by atoms with Crippen LogP contribution in [0, 0.1) is 0 Å². The van der Waals surface area contributed by atoms with Gasteiger partial charge in [-0.05, 0) is 48.5 Å². The predicted molar refractivity (Wildman–Crippen MR) is 176 cm³/mol. The van der Waals surface area contributed by atoms with Gasteiger partial charge in [-0.1, -0.05) is 99.8 Å². The van der Waals surface area contributed by atoms with Crippen molar-refractivity contribution in [2.45, 2.75) is 14.9 Å². The molecule has 2 aliphatic heterocycles. The lowest BCUT2D eigenvalue weighted by Gasteiger charge is -2.37. The molecule has 0 spiro atoms. The number of aromatic nitrogens is 1. The molecule has 0 bridgehead atoms. The van der Waals surface area contributed by atoms with E-state index in [4.69, 9.17) is 9.47 Å². The normalized spacial score (nSPS) is 12.2. The second-order valence-electron chi connectivity index (χ2n) is 10.1. The van der Waals surface area contributed by atoms with E-state index in [2.05, 4.69) is 88.2 Å². The predicted octanol–water partition coefficient (Wildman–Crippen LogP) is 11.5. The maximum Gasteiger partial charge on any atom is 0.155 e. The number of anilines is 3. The molecule has 10 rings (SSSR count). The average molecular weight is 547 g/mol. The van der Waals surface area contributed by atoms with Gasteiger partial charge >= 0.3 is 0 Å². The molecule has 4 heterocycles. The van der Waals surface area contributed by atoms with Gasteiger partial charge in [0.05, 0.1) is 27.9 Å². The Morgan fingerprint density at radius 2 is 0.786 bits per heavy atom. The van der Waals surface area contributed by atoms with Crippen LogP contribution >= 0.6 is 0 Å². The molecule has 0 saturated carbocycles. The first-order valence-electron chi connectivity index (χ1n) is 13.5. The van der Waals surface area contributed by atoms with Crippen molar-refractivity contribution >= 4 is 55.2 Å². The maximum atomic E-state index is 6.02. The van der Waals surface area contributed by atoms with Crippen LogP contribution in [0.1, 0.15) is 14.9 Å². The smallest absolute Gasteiger partial charge is 0.155 e. The second kappa shape index (κ2) is 9.57. The zero-order chi connectivity index (χ0) is 26.2. The number of nitrogens with zero attached hydrogens (tertiary/aromatic N) is 2. The van der Waals surface area contributed by atoms with E-state index in [1.807, 2.05) is 54.6 Å². The summed E-state index contributed by atoms with van der Waals surface area (Å²) < 4.78 is 14.4. The Bertz CT molecular complexity index is 2100. The van der Waals surface area contributed by atoms with Gasteiger partial charge in [0, 0.05) is 21.5 Å². The molecule has 0 saturated heterocycles. The minimum absolute atomic E-state index is 0. The first kappa shape index (κ1) is 25.5. The lowest BCUT2D eigenvalue weighted by Crippen LogP contribution is -2.19. The van der Waals surface area contributed by atoms with Crippen LogP contribution in [0.2, 0.25) is 0 Å². The second-order valence-corrected chi connectivity index (χ2v) is 10.1. The molecule has 204 valence electrons. The molecule has 0 unspecified atom stereocenters. The van der Waals surface area contributed by atoms with Crippen molar-refractivity contribution in [1.29, 1.82) is 0 Å². The SMILES string of the molecule is C.C.c1ccc2c(c1)Oc1cccc3c1N2c1ccccc1O3.c1ccc2c(c1)c1cccc3c4ccccc4n2c13. The van der Waals surface area contributed by atoms with Crippen LogP contribution in [0.15, 0.2) is 133 Å². The fourth-order valence-electron chi connectivity index (χ4n) is 6.33. The van der Waals surface area contributed by atoms with Gasteiger partial charge in [0.25, 0.3) is 0 Å². The van der Waals surface area contributed by atoms with Gasteiger partial charge < -0.3 is 13.9 Å². The quantitative estimate of drug-likeness (QED) is 0.189. The molecule has 8 aromatic rings. The van der Waals surface area contributed by atoms with Crippen LogP contribution in [0.4, 0.5) is 17.1 Å². The van der Waals surface area contributed by atoms with Crippen molar-refractivity contribution < 1.29 is 9.47 Å². The number of fused-ring (bicyclic) bond motifs is 10. The number of hydrogen-bond acceptors (Lipinski definition) is 3.